The summed E-state index contributed by atoms with van der Waals surface area (Å²) in [6.07, 6.45) is 3.55. The summed E-state index contributed by atoms with van der Waals surface area (Å²) < 4.78 is 21.4. The van der Waals surface area contributed by atoms with Gasteiger partial charge in [0.1, 0.15) is 6.10 Å². The van der Waals surface area contributed by atoms with E-state index in [1.165, 1.54) is 20.0 Å². The third-order valence-corrected chi connectivity index (χ3v) is 4.07. The molecule has 88 valence electrons. The van der Waals surface area contributed by atoms with Gasteiger partial charge in [-0.3, -0.25) is 0 Å². The van der Waals surface area contributed by atoms with Gasteiger partial charge in [0.05, 0.1) is 7.11 Å². The van der Waals surface area contributed by atoms with E-state index >= 15 is 0 Å². The molecule has 0 aromatic heterocycles. The van der Waals surface area contributed by atoms with Gasteiger partial charge in [-0.1, -0.05) is 27.2 Å². The first-order chi connectivity index (χ1) is 7.04. The van der Waals surface area contributed by atoms with Crippen molar-refractivity contribution in [3.63, 3.8) is 0 Å². The number of hydrogen-bond donors (Lipinski definition) is 0. The second kappa shape index (κ2) is 5.93. The summed E-state index contributed by atoms with van der Waals surface area (Å²) in [4.78, 5) is 0. The highest BCUT2D eigenvalue weighted by atomic mass is 31.1. The highest BCUT2D eigenvalue weighted by Crippen LogP contribution is 2.40. The molecule has 0 aliphatic heterocycles. The van der Waals surface area contributed by atoms with Gasteiger partial charge in [0.15, 0.2) is 0 Å². The maximum atomic E-state index is 11.3. The van der Waals surface area contributed by atoms with Crippen molar-refractivity contribution in [2.75, 3.05) is 7.11 Å². The second-order valence-corrected chi connectivity index (χ2v) is 5.90. The summed E-state index contributed by atoms with van der Waals surface area (Å²) in [6, 6.07) is 0. The Morgan fingerprint density at radius 2 is 2.00 bits per heavy atom. The summed E-state index contributed by atoms with van der Waals surface area (Å²) in [5.74, 6) is 1.78. The Morgan fingerprint density at radius 3 is 2.53 bits per heavy atom. The third kappa shape index (κ3) is 3.82. The van der Waals surface area contributed by atoms with Crippen LogP contribution in [0.15, 0.2) is 0 Å². The maximum Gasteiger partial charge on any atom is 0.697 e. The highest BCUT2D eigenvalue weighted by Gasteiger charge is 2.37. The first kappa shape index (κ1) is 13.1. The summed E-state index contributed by atoms with van der Waals surface area (Å²) >= 11 is 0. The average Bonchev–Trinajstić information content (AvgIpc) is 2.17. The molecule has 0 spiro atoms. The molecule has 1 fully saturated rings. The predicted octanol–water partition coefficient (Wildman–Crippen LogP) is 3.77. The van der Waals surface area contributed by atoms with Gasteiger partial charge < -0.3 is 0 Å². The van der Waals surface area contributed by atoms with Crippen molar-refractivity contribution >= 4 is 8.25 Å². The third-order valence-electron chi connectivity index (χ3n) is 3.33. The van der Waals surface area contributed by atoms with Crippen LogP contribution in [0, 0.1) is 17.8 Å². The van der Waals surface area contributed by atoms with E-state index < -0.39 is 8.25 Å². The Bertz CT molecular complexity index is 218. The van der Waals surface area contributed by atoms with Gasteiger partial charge in [-0.25, -0.2) is 0 Å². The van der Waals surface area contributed by atoms with E-state index in [0.29, 0.717) is 17.8 Å². The molecule has 0 amide bonds. The summed E-state index contributed by atoms with van der Waals surface area (Å²) in [5, 5.41) is 0. The Balaban J connectivity index is 2.57. The molecule has 0 radical (unpaired) electrons. The largest absolute Gasteiger partial charge is 0.697 e. The minimum atomic E-state index is -1.92. The van der Waals surface area contributed by atoms with Gasteiger partial charge in [-0.05, 0) is 30.6 Å². The van der Waals surface area contributed by atoms with Gasteiger partial charge in [-0.2, -0.15) is 0 Å². The van der Waals surface area contributed by atoms with Crippen LogP contribution in [0.5, 0.6) is 0 Å². The van der Waals surface area contributed by atoms with Crippen molar-refractivity contribution in [2.24, 2.45) is 17.8 Å². The zero-order chi connectivity index (χ0) is 11.4. The zero-order valence-electron chi connectivity index (χ0n) is 10.1. The second-order valence-electron chi connectivity index (χ2n) is 4.88. The average molecular weight is 233 g/mol. The van der Waals surface area contributed by atoms with Crippen LogP contribution >= 0.6 is 8.25 Å². The lowest BCUT2D eigenvalue weighted by atomic mass is 9.75. The minimum absolute atomic E-state index is 0.109. The summed E-state index contributed by atoms with van der Waals surface area (Å²) in [7, 11) is -0.496. The van der Waals surface area contributed by atoms with E-state index in [2.05, 4.69) is 20.8 Å². The molecule has 3 nitrogen and oxygen atoms in total. The standard InChI is InChI=1S/C11H22O3P/c1-8(2)10-6-5-9(3)7-11(10)14-15(12)13-4/h8-11H,5-7H2,1-4H3/q+1/t9-,10+,11-/m1/s1. The van der Waals surface area contributed by atoms with Gasteiger partial charge in [-0.15, -0.1) is 9.05 Å². The van der Waals surface area contributed by atoms with Crippen LogP contribution in [0.1, 0.15) is 40.0 Å². The molecule has 1 saturated carbocycles. The molecule has 4 heteroatoms. The molecular formula is C11H22O3P+. The first-order valence-corrected chi connectivity index (χ1v) is 6.82. The van der Waals surface area contributed by atoms with Crippen LogP contribution in [0.25, 0.3) is 0 Å². The van der Waals surface area contributed by atoms with E-state index in [9.17, 15) is 4.57 Å². The smallest absolute Gasteiger partial charge is 0.122 e. The lowest BCUT2D eigenvalue weighted by Crippen LogP contribution is -2.32. The number of rotatable bonds is 4. The monoisotopic (exact) mass is 233 g/mol. The minimum Gasteiger partial charge on any atom is -0.122 e. The van der Waals surface area contributed by atoms with Crippen LogP contribution in [0.2, 0.25) is 0 Å². The lowest BCUT2D eigenvalue weighted by molar-refractivity contribution is 0.0412. The van der Waals surface area contributed by atoms with E-state index in [-0.39, 0.29) is 6.10 Å². The Morgan fingerprint density at radius 1 is 1.33 bits per heavy atom. The first-order valence-electron chi connectivity index (χ1n) is 5.72. The van der Waals surface area contributed by atoms with E-state index in [4.69, 9.17) is 9.05 Å². The van der Waals surface area contributed by atoms with E-state index in [1.54, 1.807) is 0 Å². The fourth-order valence-electron chi connectivity index (χ4n) is 2.39. The molecule has 1 aliphatic rings. The van der Waals surface area contributed by atoms with Crippen LogP contribution in [-0.2, 0) is 13.6 Å². The van der Waals surface area contributed by atoms with Crippen molar-refractivity contribution < 1.29 is 13.6 Å². The van der Waals surface area contributed by atoms with Gasteiger partial charge in [0.2, 0.25) is 0 Å². The van der Waals surface area contributed by atoms with E-state index in [1.807, 2.05) is 0 Å². The van der Waals surface area contributed by atoms with Crippen molar-refractivity contribution in [1.29, 1.82) is 0 Å². The molecule has 0 bridgehead atoms. The molecule has 1 aliphatic carbocycles. The quantitative estimate of drug-likeness (QED) is 0.693. The van der Waals surface area contributed by atoms with Gasteiger partial charge in [0, 0.05) is 4.57 Å². The molecule has 0 N–H and O–H groups in total. The molecule has 0 heterocycles. The molecule has 1 unspecified atom stereocenters. The van der Waals surface area contributed by atoms with Crippen molar-refractivity contribution in [1.82, 2.24) is 0 Å². The predicted molar refractivity (Wildman–Crippen MR) is 60.8 cm³/mol. The molecule has 0 aromatic carbocycles. The fraction of sp³-hybridized carbons (Fsp3) is 1.00. The van der Waals surface area contributed by atoms with Crippen LogP contribution in [0.4, 0.5) is 0 Å². The molecule has 1 rings (SSSR count). The summed E-state index contributed by atoms with van der Waals surface area (Å²) in [6.45, 7) is 6.64. The topological polar surface area (TPSA) is 35.5 Å². The fourth-order valence-corrected chi connectivity index (χ4v) is 2.94. The Kier molecular flexibility index (Phi) is 5.17. The van der Waals surface area contributed by atoms with Crippen molar-refractivity contribution in [3.8, 4) is 0 Å². The van der Waals surface area contributed by atoms with Gasteiger partial charge in [0.25, 0.3) is 0 Å². The van der Waals surface area contributed by atoms with Crippen molar-refractivity contribution in [3.05, 3.63) is 0 Å². The number of hydrogen-bond acceptors (Lipinski definition) is 3. The maximum absolute atomic E-state index is 11.3. The molecule has 4 atom stereocenters. The van der Waals surface area contributed by atoms with Crippen LogP contribution < -0.4 is 0 Å². The zero-order valence-corrected chi connectivity index (χ0v) is 11.0. The SMILES string of the molecule is CO[P+](=O)O[C@@H]1C[C@H](C)CC[C@H]1C(C)C. The Hall–Kier alpha value is 0.0200. The van der Waals surface area contributed by atoms with Gasteiger partial charge >= 0.3 is 8.25 Å². The summed E-state index contributed by atoms with van der Waals surface area (Å²) in [5.41, 5.74) is 0. The van der Waals surface area contributed by atoms with Crippen LogP contribution in [-0.4, -0.2) is 13.2 Å². The Labute approximate surface area is 93.5 Å². The normalized spacial score (nSPS) is 33.1. The molecular weight excluding hydrogens is 211 g/mol. The van der Waals surface area contributed by atoms with Crippen molar-refractivity contribution in [2.45, 2.75) is 46.1 Å². The lowest BCUT2D eigenvalue weighted by Gasteiger charge is -2.33. The molecule has 0 aromatic rings. The van der Waals surface area contributed by atoms with E-state index in [0.717, 1.165) is 6.42 Å². The van der Waals surface area contributed by atoms with Crippen LogP contribution in [0.3, 0.4) is 0 Å². The molecule has 0 saturated heterocycles. The molecule has 15 heavy (non-hydrogen) atoms. The highest BCUT2D eigenvalue weighted by molar-refractivity contribution is 7.33.